The van der Waals surface area contributed by atoms with Gasteiger partial charge in [-0.15, -0.1) is 0 Å². The van der Waals surface area contributed by atoms with Crippen molar-refractivity contribution in [1.29, 1.82) is 0 Å². The van der Waals surface area contributed by atoms with E-state index in [9.17, 15) is 14.0 Å². The summed E-state index contributed by atoms with van der Waals surface area (Å²) in [5.74, 6) is -1.69. The maximum absolute atomic E-state index is 13.9. The Morgan fingerprint density at radius 2 is 2.20 bits per heavy atom. The van der Waals surface area contributed by atoms with E-state index in [0.717, 1.165) is 10.0 Å². The number of carbonyl (C=O) groups excluding carboxylic acids is 1. The monoisotopic (exact) mass is 343 g/mol. The highest BCUT2D eigenvalue weighted by atomic mass is 79.9. The largest absolute Gasteiger partial charge is 0.479 e. The molecule has 0 bridgehead atoms. The predicted molar refractivity (Wildman–Crippen MR) is 75.1 cm³/mol. The summed E-state index contributed by atoms with van der Waals surface area (Å²) in [6.45, 7) is -0.181. The van der Waals surface area contributed by atoms with Crippen molar-refractivity contribution in [2.45, 2.75) is 24.9 Å². The van der Waals surface area contributed by atoms with Gasteiger partial charge in [-0.3, -0.25) is 4.79 Å². The first-order valence-corrected chi connectivity index (χ1v) is 7.14. The van der Waals surface area contributed by atoms with Crippen LogP contribution in [0, 0.1) is 0 Å². The zero-order valence-corrected chi connectivity index (χ0v) is 12.4. The van der Waals surface area contributed by atoms with Crippen LogP contribution in [0.3, 0.4) is 0 Å². The van der Waals surface area contributed by atoms with Crippen molar-refractivity contribution in [2.75, 3.05) is 13.1 Å². The van der Waals surface area contributed by atoms with Crippen LogP contribution in [0.5, 0.6) is 0 Å². The lowest BCUT2D eigenvalue weighted by atomic mass is 10.1. The Morgan fingerprint density at radius 1 is 1.45 bits per heavy atom. The fourth-order valence-electron chi connectivity index (χ4n) is 2.26. The lowest BCUT2D eigenvalue weighted by Crippen LogP contribution is -2.38. The van der Waals surface area contributed by atoms with Gasteiger partial charge in [-0.05, 0) is 24.1 Å². The summed E-state index contributed by atoms with van der Waals surface area (Å²) in [6, 6.07) is 7.62. The minimum Gasteiger partial charge on any atom is -0.479 e. The number of likely N-dealkylation sites (tertiary alicyclic amines) is 1. The molecule has 0 aromatic heterocycles. The number of hydrogen-bond donors (Lipinski definition) is 1. The van der Waals surface area contributed by atoms with Crippen LogP contribution in [-0.4, -0.2) is 40.6 Å². The summed E-state index contributed by atoms with van der Waals surface area (Å²) < 4.78 is 14.8. The molecule has 108 valence electrons. The van der Waals surface area contributed by atoms with E-state index in [1.54, 1.807) is 0 Å². The third-order valence-corrected chi connectivity index (χ3v) is 3.97. The molecular weight excluding hydrogens is 329 g/mol. The minimum absolute atomic E-state index is 0.134. The first kappa shape index (κ1) is 15.0. The van der Waals surface area contributed by atoms with Gasteiger partial charge in [0.05, 0.1) is 6.54 Å². The van der Waals surface area contributed by atoms with Gasteiger partial charge < -0.3 is 10.0 Å². The molecule has 0 saturated carbocycles. The highest BCUT2D eigenvalue weighted by Crippen LogP contribution is 2.26. The fraction of sp³-hybridized carbons (Fsp3) is 0.429. The number of aryl methyl sites for hydroxylation is 1. The number of halogens is 2. The minimum atomic E-state index is -2.29. The molecule has 0 aliphatic carbocycles. The summed E-state index contributed by atoms with van der Waals surface area (Å²) in [5, 5.41) is 8.79. The number of carbonyl (C=O) groups is 2. The van der Waals surface area contributed by atoms with Crippen LogP contribution >= 0.6 is 15.9 Å². The van der Waals surface area contributed by atoms with E-state index in [2.05, 4.69) is 15.9 Å². The molecule has 2 rings (SSSR count). The molecule has 4 nitrogen and oxygen atoms in total. The van der Waals surface area contributed by atoms with Gasteiger partial charge in [0.1, 0.15) is 0 Å². The SMILES string of the molecule is O=C(CCc1cccc(Br)c1)N1CCC(F)(C(=O)O)C1. The molecule has 1 aromatic rings. The van der Waals surface area contributed by atoms with Crippen molar-refractivity contribution in [3.05, 3.63) is 34.3 Å². The second-order valence-electron chi connectivity index (χ2n) is 4.97. The average molecular weight is 344 g/mol. The molecule has 1 saturated heterocycles. The molecule has 1 aromatic carbocycles. The molecular formula is C14H15BrFNO3. The molecule has 0 spiro atoms. The van der Waals surface area contributed by atoms with Crippen LogP contribution in [0.25, 0.3) is 0 Å². The predicted octanol–water partition coefficient (Wildman–Crippen LogP) is 2.41. The normalized spacial score (nSPS) is 22.0. The van der Waals surface area contributed by atoms with Gasteiger partial charge in [0.2, 0.25) is 11.6 Å². The van der Waals surface area contributed by atoms with Gasteiger partial charge in [-0.2, -0.15) is 0 Å². The summed E-state index contributed by atoms with van der Waals surface area (Å²) in [4.78, 5) is 24.1. The second-order valence-corrected chi connectivity index (χ2v) is 5.88. The van der Waals surface area contributed by atoms with E-state index in [1.807, 2.05) is 24.3 Å². The van der Waals surface area contributed by atoms with E-state index in [0.29, 0.717) is 6.42 Å². The van der Waals surface area contributed by atoms with Gasteiger partial charge in [-0.25, -0.2) is 9.18 Å². The molecule has 20 heavy (non-hydrogen) atoms. The first-order chi connectivity index (χ1) is 9.40. The first-order valence-electron chi connectivity index (χ1n) is 6.35. The number of hydrogen-bond acceptors (Lipinski definition) is 2. The molecule has 1 aliphatic rings. The van der Waals surface area contributed by atoms with Gasteiger partial charge >= 0.3 is 5.97 Å². The van der Waals surface area contributed by atoms with E-state index in [-0.39, 0.29) is 31.8 Å². The molecule has 1 aliphatic heterocycles. The van der Waals surface area contributed by atoms with Crippen molar-refractivity contribution in [2.24, 2.45) is 0 Å². The molecule has 1 amide bonds. The molecule has 1 N–H and O–H groups in total. The Kier molecular flexibility index (Phi) is 4.42. The van der Waals surface area contributed by atoms with Crippen LogP contribution in [-0.2, 0) is 16.0 Å². The number of rotatable bonds is 4. The van der Waals surface area contributed by atoms with Crippen molar-refractivity contribution >= 4 is 27.8 Å². The summed E-state index contributed by atoms with van der Waals surface area (Å²) in [7, 11) is 0. The van der Waals surface area contributed by atoms with E-state index >= 15 is 0 Å². The molecule has 0 radical (unpaired) electrons. The Hall–Kier alpha value is -1.43. The molecule has 1 atom stereocenters. The number of nitrogens with zero attached hydrogens (tertiary/aromatic N) is 1. The summed E-state index contributed by atoms with van der Waals surface area (Å²) in [5.41, 5.74) is -1.28. The third-order valence-electron chi connectivity index (χ3n) is 3.47. The lowest BCUT2D eigenvalue weighted by Gasteiger charge is -2.17. The maximum Gasteiger partial charge on any atom is 0.343 e. The summed E-state index contributed by atoms with van der Waals surface area (Å²) >= 11 is 3.36. The fourth-order valence-corrected chi connectivity index (χ4v) is 2.71. The van der Waals surface area contributed by atoms with Crippen molar-refractivity contribution in [1.82, 2.24) is 4.90 Å². The lowest BCUT2D eigenvalue weighted by molar-refractivity contribution is -0.150. The molecule has 1 fully saturated rings. The van der Waals surface area contributed by atoms with E-state index < -0.39 is 11.6 Å². The Labute approximate surface area is 124 Å². The van der Waals surface area contributed by atoms with E-state index in [4.69, 9.17) is 5.11 Å². The van der Waals surface area contributed by atoms with E-state index in [1.165, 1.54) is 4.90 Å². The number of amides is 1. The number of aliphatic carboxylic acids is 1. The molecule has 1 unspecified atom stereocenters. The molecule has 1 heterocycles. The zero-order chi connectivity index (χ0) is 14.8. The highest BCUT2D eigenvalue weighted by Gasteiger charge is 2.46. The standard InChI is InChI=1S/C14H15BrFNO3/c15-11-3-1-2-10(8-11)4-5-12(18)17-7-6-14(16,9-17)13(19)20/h1-3,8H,4-7,9H2,(H,19,20). The number of carboxylic acid groups (broad SMARTS) is 1. The van der Waals surface area contributed by atoms with Crippen LogP contribution in [0.2, 0.25) is 0 Å². The number of carboxylic acids is 1. The number of alkyl halides is 1. The van der Waals surface area contributed by atoms with Crippen LogP contribution in [0.4, 0.5) is 4.39 Å². The highest BCUT2D eigenvalue weighted by molar-refractivity contribution is 9.10. The Bertz CT molecular complexity index is 537. The van der Waals surface area contributed by atoms with Crippen molar-refractivity contribution in [3.8, 4) is 0 Å². The second kappa shape index (κ2) is 5.91. The molecule has 6 heteroatoms. The van der Waals surface area contributed by atoms with Gasteiger partial charge in [0.15, 0.2) is 0 Å². The van der Waals surface area contributed by atoms with Gasteiger partial charge in [-0.1, -0.05) is 28.1 Å². The number of benzene rings is 1. The Balaban J connectivity index is 1.89. The summed E-state index contributed by atoms with van der Waals surface area (Å²) in [6.07, 6.45) is 0.679. The van der Waals surface area contributed by atoms with Crippen molar-refractivity contribution in [3.63, 3.8) is 0 Å². The van der Waals surface area contributed by atoms with Gasteiger partial charge in [0.25, 0.3) is 0 Å². The smallest absolute Gasteiger partial charge is 0.343 e. The average Bonchev–Trinajstić information content (AvgIpc) is 2.80. The zero-order valence-electron chi connectivity index (χ0n) is 10.8. The van der Waals surface area contributed by atoms with Crippen molar-refractivity contribution < 1.29 is 19.1 Å². The quantitative estimate of drug-likeness (QED) is 0.913. The topological polar surface area (TPSA) is 57.6 Å². The van der Waals surface area contributed by atoms with Gasteiger partial charge in [0, 0.05) is 23.9 Å². The van der Waals surface area contributed by atoms with Crippen LogP contribution in [0.1, 0.15) is 18.4 Å². The van der Waals surface area contributed by atoms with Crippen LogP contribution < -0.4 is 0 Å². The third kappa shape index (κ3) is 3.36. The Morgan fingerprint density at radius 3 is 2.80 bits per heavy atom. The maximum atomic E-state index is 13.9. The van der Waals surface area contributed by atoms with Crippen LogP contribution in [0.15, 0.2) is 28.7 Å².